The van der Waals surface area contributed by atoms with Gasteiger partial charge in [-0.3, -0.25) is 4.90 Å². The van der Waals surface area contributed by atoms with E-state index in [1.54, 1.807) is 6.07 Å². The minimum absolute atomic E-state index is 0.162. The van der Waals surface area contributed by atoms with Crippen molar-refractivity contribution in [3.05, 3.63) is 29.9 Å². The molecule has 0 amide bonds. The number of halogens is 1. The van der Waals surface area contributed by atoms with Crippen LogP contribution < -0.4 is 0 Å². The SMILES string of the molecule is OC[C@H]1CCCCN1Cc1nc2cc(F)ccc2o1. The zero-order chi connectivity index (χ0) is 13.2. The van der Waals surface area contributed by atoms with Crippen LogP contribution >= 0.6 is 0 Å². The van der Waals surface area contributed by atoms with Gasteiger partial charge in [0.15, 0.2) is 5.58 Å². The van der Waals surface area contributed by atoms with E-state index in [9.17, 15) is 9.50 Å². The molecule has 4 nitrogen and oxygen atoms in total. The van der Waals surface area contributed by atoms with Crippen molar-refractivity contribution in [1.82, 2.24) is 9.88 Å². The lowest BCUT2D eigenvalue weighted by atomic mass is 10.0. The number of aliphatic hydroxyl groups is 1. The quantitative estimate of drug-likeness (QED) is 0.924. The van der Waals surface area contributed by atoms with E-state index < -0.39 is 0 Å². The van der Waals surface area contributed by atoms with Gasteiger partial charge in [-0.25, -0.2) is 9.37 Å². The van der Waals surface area contributed by atoms with Gasteiger partial charge in [0.05, 0.1) is 13.2 Å². The Morgan fingerprint density at radius 2 is 2.32 bits per heavy atom. The Hall–Kier alpha value is -1.46. The predicted octanol–water partition coefficient (Wildman–Crippen LogP) is 2.31. The Kier molecular flexibility index (Phi) is 3.48. The maximum absolute atomic E-state index is 13.1. The van der Waals surface area contributed by atoms with E-state index in [2.05, 4.69) is 9.88 Å². The highest BCUT2D eigenvalue weighted by molar-refractivity contribution is 5.72. The van der Waals surface area contributed by atoms with Crippen molar-refractivity contribution >= 4 is 11.1 Å². The maximum Gasteiger partial charge on any atom is 0.209 e. The van der Waals surface area contributed by atoms with Gasteiger partial charge in [0, 0.05) is 12.1 Å². The molecule has 1 aliphatic rings. The van der Waals surface area contributed by atoms with E-state index in [0.717, 1.165) is 25.8 Å². The van der Waals surface area contributed by atoms with Crippen LogP contribution in [0.4, 0.5) is 4.39 Å². The van der Waals surface area contributed by atoms with Crippen LogP contribution in [0.2, 0.25) is 0 Å². The van der Waals surface area contributed by atoms with Gasteiger partial charge < -0.3 is 9.52 Å². The molecule has 102 valence electrons. The van der Waals surface area contributed by atoms with Crippen molar-refractivity contribution < 1.29 is 13.9 Å². The zero-order valence-electron chi connectivity index (χ0n) is 10.7. The van der Waals surface area contributed by atoms with Gasteiger partial charge in [-0.2, -0.15) is 0 Å². The summed E-state index contributed by atoms with van der Waals surface area (Å²) in [5.41, 5.74) is 1.15. The highest BCUT2D eigenvalue weighted by Crippen LogP contribution is 2.22. The van der Waals surface area contributed by atoms with Crippen LogP contribution in [0.15, 0.2) is 22.6 Å². The van der Waals surface area contributed by atoms with Crippen LogP contribution in [0, 0.1) is 5.82 Å². The summed E-state index contributed by atoms with van der Waals surface area (Å²) >= 11 is 0. The van der Waals surface area contributed by atoms with Gasteiger partial charge >= 0.3 is 0 Å². The van der Waals surface area contributed by atoms with Gasteiger partial charge in [-0.15, -0.1) is 0 Å². The minimum Gasteiger partial charge on any atom is -0.439 e. The van der Waals surface area contributed by atoms with Crippen molar-refractivity contribution in [2.45, 2.75) is 31.8 Å². The molecule has 0 spiro atoms. The van der Waals surface area contributed by atoms with Crippen LogP contribution in [0.25, 0.3) is 11.1 Å². The number of likely N-dealkylation sites (tertiary alicyclic amines) is 1. The summed E-state index contributed by atoms with van der Waals surface area (Å²) in [4.78, 5) is 6.49. The standard InChI is InChI=1S/C14H17FN2O2/c15-10-4-5-13-12(7-10)16-14(19-13)8-17-6-2-1-3-11(17)9-18/h4-5,7,11,18H,1-3,6,8-9H2/t11-/m1/s1. The van der Waals surface area contributed by atoms with E-state index in [1.807, 2.05) is 0 Å². The number of nitrogens with zero attached hydrogens (tertiary/aromatic N) is 2. The first-order valence-electron chi connectivity index (χ1n) is 6.66. The lowest BCUT2D eigenvalue weighted by molar-refractivity contribution is 0.0773. The lowest BCUT2D eigenvalue weighted by Gasteiger charge is -2.33. The molecule has 1 N–H and O–H groups in total. The van der Waals surface area contributed by atoms with Crippen LogP contribution in [0.5, 0.6) is 0 Å². The molecule has 2 aromatic rings. The summed E-state index contributed by atoms with van der Waals surface area (Å²) in [6.07, 6.45) is 3.29. The van der Waals surface area contributed by atoms with E-state index in [4.69, 9.17) is 4.42 Å². The fourth-order valence-electron chi connectivity index (χ4n) is 2.66. The number of fused-ring (bicyclic) bond motifs is 1. The second-order valence-corrected chi connectivity index (χ2v) is 5.02. The molecule has 1 atom stereocenters. The Morgan fingerprint density at radius 1 is 1.42 bits per heavy atom. The first kappa shape index (κ1) is 12.6. The molecular weight excluding hydrogens is 247 g/mol. The predicted molar refractivity (Wildman–Crippen MR) is 69.1 cm³/mol. The molecule has 0 radical (unpaired) electrons. The lowest BCUT2D eigenvalue weighted by Crippen LogP contribution is -2.41. The monoisotopic (exact) mass is 264 g/mol. The van der Waals surface area contributed by atoms with E-state index in [-0.39, 0.29) is 18.5 Å². The number of rotatable bonds is 3. The summed E-state index contributed by atoms with van der Waals surface area (Å²) in [6, 6.07) is 4.53. The molecule has 0 unspecified atom stereocenters. The number of aliphatic hydroxyl groups excluding tert-OH is 1. The Labute approximate surface area is 110 Å². The number of aromatic nitrogens is 1. The maximum atomic E-state index is 13.1. The zero-order valence-corrected chi connectivity index (χ0v) is 10.7. The summed E-state index contributed by atoms with van der Waals surface area (Å²) < 4.78 is 18.7. The molecule has 0 aliphatic carbocycles. The highest BCUT2D eigenvalue weighted by atomic mass is 19.1. The molecule has 1 fully saturated rings. The smallest absolute Gasteiger partial charge is 0.209 e. The molecule has 19 heavy (non-hydrogen) atoms. The summed E-state index contributed by atoms with van der Waals surface area (Å²) in [5, 5.41) is 9.37. The Morgan fingerprint density at radius 3 is 3.16 bits per heavy atom. The first-order valence-corrected chi connectivity index (χ1v) is 6.66. The van der Waals surface area contributed by atoms with Gasteiger partial charge in [-0.05, 0) is 31.5 Å². The third-order valence-corrected chi connectivity index (χ3v) is 3.69. The summed E-state index contributed by atoms with van der Waals surface area (Å²) in [5.74, 6) is 0.277. The molecule has 0 bridgehead atoms. The first-order chi connectivity index (χ1) is 9.26. The minimum atomic E-state index is -0.307. The largest absolute Gasteiger partial charge is 0.439 e. The third-order valence-electron chi connectivity index (χ3n) is 3.69. The second-order valence-electron chi connectivity index (χ2n) is 5.02. The van der Waals surface area contributed by atoms with Gasteiger partial charge in [0.2, 0.25) is 5.89 Å². The molecule has 1 aromatic carbocycles. The topological polar surface area (TPSA) is 49.5 Å². The fourth-order valence-corrected chi connectivity index (χ4v) is 2.66. The van der Waals surface area contributed by atoms with Gasteiger partial charge in [0.1, 0.15) is 11.3 Å². The Balaban J connectivity index is 1.80. The average Bonchev–Trinajstić information content (AvgIpc) is 2.80. The molecule has 3 rings (SSSR count). The normalized spacial score (nSPS) is 21.1. The number of benzene rings is 1. The van der Waals surface area contributed by atoms with Crippen molar-refractivity contribution in [3.63, 3.8) is 0 Å². The molecular formula is C14H17FN2O2. The number of piperidine rings is 1. The molecule has 5 heteroatoms. The van der Waals surface area contributed by atoms with Crippen LogP contribution in [-0.2, 0) is 6.54 Å². The van der Waals surface area contributed by atoms with E-state index >= 15 is 0 Å². The van der Waals surface area contributed by atoms with Gasteiger partial charge in [-0.1, -0.05) is 6.42 Å². The molecule has 1 aromatic heterocycles. The van der Waals surface area contributed by atoms with Crippen LogP contribution in [-0.4, -0.2) is 34.2 Å². The van der Waals surface area contributed by atoms with Gasteiger partial charge in [0.25, 0.3) is 0 Å². The number of oxazole rings is 1. The summed E-state index contributed by atoms with van der Waals surface area (Å²) in [7, 11) is 0. The van der Waals surface area contributed by atoms with Crippen LogP contribution in [0.1, 0.15) is 25.2 Å². The van der Waals surface area contributed by atoms with Crippen LogP contribution in [0.3, 0.4) is 0 Å². The third kappa shape index (κ3) is 2.62. The van der Waals surface area contributed by atoms with Crippen molar-refractivity contribution in [2.75, 3.05) is 13.2 Å². The number of hydrogen-bond acceptors (Lipinski definition) is 4. The van der Waals surface area contributed by atoms with Crippen molar-refractivity contribution in [2.24, 2.45) is 0 Å². The van der Waals surface area contributed by atoms with E-state index in [0.29, 0.717) is 23.5 Å². The summed E-state index contributed by atoms with van der Waals surface area (Å²) in [6.45, 7) is 1.68. The fraction of sp³-hybridized carbons (Fsp3) is 0.500. The second kappa shape index (κ2) is 5.27. The molecule has 1 saturated heterocycles. The Bertz CT molecular complexity index is 570. The number of hydrogen-bond donors (Lipinski definition) is 1. The molecule has 0 saturated carbocycles. The molecule has 1 aliphatic heterocycles. The van der Waals surface area contributed by atoms with E-state index in [1.165, 1.54) is 12.1 Å². The van der Waals surface area contributed by atoms with Crippen molar-refractivity contribution in [1.29, 1.82) is 0 Å². The van der Waals surface area contributed by atoms with Crippen molar-refractivity contribution in [3.8, 4) is 0 Å². The average molecular weight is 264 g/mol. The molecule has 2 heterocycles. The highest BCUT2D eigenvalue weighted by Gasteiger charge is 2.23.